The van der Waals surface area contributed by atoms with Crippen LogP contribution in [0.4, 0.5) is 0 Å². The molecule has 4 rings (SSSR count). The second-order valence-corrected chi connectivity index (χ2v) is 9.07. The molecule has 0 amide bonds. The van der Waals surface area contributed by atoms with Crippen LogP contribution in [0.15, 0.2) is 40.3 Å². The lowest BCUT2D eigenvalue weighted by atomic mass is 9.90. The Labute approximate surface area is 161 Å². The van der Waals surface area contributed by atoms with Crippen LogP contribution in [0.2, 0.25) is 0 Å². The molecule has 0 bridgehead atoms. The first-order valence-electron chi connectivity index (χ1n) is 8.96. The van der Waals surface area contributed by atoms with Crippen molar-refractivity contribution in [1.82, 2.24) is 9.55 Å². The summed E-state index contributed by atoms with van der Waals surface area (Å²) in [5.74, 6) is 0.868. The third kappa shape index (κ3) is 2.90. The summed E-state index contributed by atoms with van der Waals surface area (Å²) in [7, 11) is 0. The Balaban J connectivity index is 2.00. The average molecular weight is 387 g/mol. The quantitative estimate of drug-likeness (QED) is 0.477. The summed E-state index contributed by atoms with van der Waals surface area (Å²) in [6.07, 6.45) is 1.69. The molecule has 0 saturated carbocycles. The van der Waals surface area contributed by atoms with Gasteiger partial charge >= 0.3 is 0 Å². The van der Waals surface area contributed by atoms with Gasteiger partial charge in [0.05, 0.1) is 23.3 Å². The van der Waals surface area contributed by atoms with Gasteiger partial charge in [0.15, 0.2) is 5.16 Å². The van der Waals surface area contributed by atoms with Crippen LogP contribution >= 0.6 is 23.1 Å². The molecule has 3 heterocycles. The molecule has 1 aromatic carbocycles. The van der Waals surface area contributed by atoms with E-state index in [1.165, 1.54) is 0 Å². The van der Waals surface area contributed by atoms with E-state index in [2.05, 4.69) is 20.8 Å². The fourth-order valence-corrected chi connectivity index (χ4v) is 5.24. The van der Waals surface area contributed by atoms with E-state index < -0.39 is 0 Å². The Morgan fingerprint density at radius 2 is 2.08 bits per heavy atom. The molecule has 0 saturated heterocycles. The number of fused-ring (bicyclic) bond motifs is 3. The largest absolute Gasteiger partial charge is 0.369 e. The molecular formula is C20H22N2O2S2. The van der Waals surface area contributed by atoms with Gasteiger partial charge in [0.25, 0.3) is 5.56 Å². The summed E-state index contributed by atoms with van der Waals surface area (Å²) in [4.78, 5) is 20.4. The van der Waals surface area contributed by atoms with Crippen LogP contribution in [-0.2, 0) is 17.8 Å². The van der Waals surface area contributed by atoms with Gasteiger partial charge in [-0.05, 0) is 36.8 Å². The summed E-state index contributed by atoms with van der Waals surface area (Å²) >= 11 is 3.21. The molecule has 1 unspecified atom stereocenters. The smallest absolute Gasteiger partial charge is 0.267 e. The van der Waals surface area contributed by atoms with Crippen molar-refractivity contribution in [3.8, 4) is 5.69 Å². The lowest BCUT2D eigenvalue weighted by Gasteiger charge is -2.32. The van der Waals surface area contributed by atoms with E-state index in [4.69, 9.17) is 9.72 Å². The summed E-state index contributed by atoms with van der Waals surface area (Å²) in [6, 6.07) is 9.80. The minimum absolute atomic E-state index is 0.0370. The molecule has 0 fully saturated rings. The molecular weight excluding hydrogens is 364 g/mol. The minimum Gasteiger partial charge on any atom is -0.369 e. The van der Waals surface area contributed by atoms with E-state index in [0.717, 1.165) is 50.1 Å². The van der Waals surface area contributed by atoms with Gasteiger partial charge < -0.3 is 4.74 Å². The van der Waals surface area contributed by atoms with Crippen LogP contribution in [0.1, 0.15) is 37.6 Å². The van der Waals surface area contributed by atoms with E-state index >= 15 is 0 Å². The van der Waals surface area contributed by atoms with E-state index in [0.29, 0.717) is 6.61 Å². The maximum atomic E-state index is 13.5. The number of ether oxygens (including phenoxy) is 1. The van der Waals surface area contributed by atoms with Gasteiger partial charge in [-0.15, -0.1) is 11.3 Å². The van der Waals surface area contributed by atoms with Crippen LogP contribution in [0.5, 0.6) is 0 Å². The van der Waals surface area contributed by atoms with Crippen LogP contribution in [0, 0.1) is 0 Å². The van der Waals surface area contributed by atoms with Gasteiger partial charge in [-0.25, -0.2) is 4.98 Å². The van der Waals surface area contributed by atoms with Gasteiger partial charge in [-0.2, -0.15) is 0 Å². The SMILES string of the molecule is CCSc1nc2sc3c(c2c(=O)n1-c1ccccc1)CC(C)(CC)OC3. The Bertz CT molecular complexity index is 1010. The predicted molar refractivity (Wildman–Crippen MR) is 109 cm³/mol. The normalized spacial score (nSPS) is 19.7. The Morgan fingerprint density at radius 3 is 2.77 bits per heavy atom. The molecule has 0 aliphatic carbocycles. The third-order valence-corrected chi connectivity index (χ3v) is 6.94. The molecule has 1 atom stereocenters. The van der Waals surface area contributed by atoms with Gasteiger partial charge in [-0.3, -0.25) is 9.36 Å². The topological polar surface area (TPSA) is 44.1 Å². The van der Waals surface area contributed by atoms with Gasteiger partial charge in [-0.1, -0.05) is 43.8 Å². The Hall–Kier alpha value is -1.63. The van der Waals surface area contributed by atoms with E-state index in [1.54, 1.807) is 27.7 Å². The fraction of sp³-hybridized carbons (Fsp3) is 0.400. The number of benzene rings is 1. The Kier molecular flexibility index (Phi) is 4.67. The maximum absolute atomic E-state index is 13.5. The van der Waals surface area contributed by atoms with Crippen molar-refractivity contribution in [3.05, 3.63) is 51.1 Å². The zero-order valence-electron chi connectivity index (χ0n) is 15.2. The molecule has 1 aliphatic rings. The standard InChI is InChI=1S/C20H22N2O2S2/c1-4-20(3)11-14-15(12-24-20)26-17-16(14)18(23)22(19(21-17)25-5-2)13-9-7-6-8-10-13/h6-10H,4-5,11-12H2,1-3H3. The number of thioether (sulfide) groups is 1. The van der Waals surface area contributed by atoms with Crippen LogP contribution in [0.3, 0.4) is 0 Å². The van der Waals surface area contributed by atoms with E-state index in [9.17, 15) is 4.79 Å². The highest BCUT2D eigenvalue weighted by Crippen LogP contribution is 2.39. The second-order valence-electron chi connectivity index (χ2n) is 6.76. The number of hydrogen-bond donors (Lipinski definition) is 0. The Morgan fingerprint density at radius 1 is 1.31 bits per heavy atom. The van der Waals surface area contributed by atoms with Crippen molar-refractivity contribution in [2.75, 3.05) is 5.75 Å². The lowest BCUT2D eigenvalue weighted by molar-refractivity contribution is -0.0543. The summed E-state index contributed by atoms with van der Waals surface area (Å²) in [5.41, 5.74) is 1.83. The monoisotopic (exact) mass is 386 g/mol. The van der Waals surface area contributed by atoms with Crippen LogP contribution in [0.25, 0.3) is 15.9 Å². The van der Waals surface area contributed by atoms with Gasteiger partial charge in [0, 0.05) is 11.3 Å². The first kappa shape index (κ1) is 17.8. The first-order valence-corrected chi connectivity index (χ1v) is 10.8. The summed E-state index contributed by atoms with van der Waals surface area (Å²) in [5, 5.41) is 1.53. The molecule has 3 aromatic rings. The molecule has 0 spiro atoms. The van der Waals surface area contributed by atoms with Crippen LogP contribution in [-0.4, -0.2) is 20.9 Å². The number of hydrogen-bond acceptors (Lipinski definition) is 5. The molecule has 0 radical (unpaired) electrons. The number of thiophene rings is 1. The third-order valence-electron chi connectivity index (χ3n) is 5.02. The highest BCUT2D eigenvalue weighted by molar-refractivity contribution is 7.99. The zero-order valence-corrected chi connectivity index (χ0v) is 16.9. The highest BCUT2D eigenvalue weighted by Gasteiger charge is 2.33. The maximum Gasteiger partial charge on any atom is 0.267 e. The van der Waals surface area contributed by atoms with Crippen molar-refractivity contribution in [3.63, 3.8) is 0 Å². The molecule has 1 aliphatic heterocycles. The number of aromatic nitrogens is 2. The van der Waals surface area contributed by atoms with E-state index in [-0.39, 0.29) is 11.2 Å². The molecule has 6 heteroatoms. The summed E-state index contributed by atoms with van der Waals surface area (Å²) < 4.78 is 7.84. The van der Waals surface area contributed by atoms with Gasteiger partial charge in [0.2, 0.25) is 0 Å². The van der Waals surface area contributed by atoms with E-state index in [1.807, 2.05) is 30.3 Å². The molecule has 26 heavy (non-hydrogen) atoms. The predicted octanol–water partition coefficient (Wildman–Crippen LogP) is 4.80. The molecule has 136 valence electrons. The minimum atomic E-state index is -0.206. The zero-order chi connectivity index (χ0) is 18.3. The second kappa shape index (κ2) is 6.83. The molecule has 2 aromatic heterocycles. The number of rotatable bonds is 4. The molecule has 0 N–H and O–H groups in total. The first-order chi connectivity index (χ1) is 12.6. The average Bonchev–Trinajstić information content (AvgIpc) is 3.00. The fourth-order valence-electron chi connectivity index (χ4n) is 3.36. The summed E-state index contributed by atoms with van der Waals surface area (Å²) in [6.45, 7) is 6.91. The van der Waals surface area contributed by atoms with Crippen molar-refractivity contribution in [2.24, 2.45) is 0 Å². The van der Waals surface area contributed by atoms with Gasteiger partial charge in [0.1, 0.15) is 4.83 Å². The number of nitrogens with zero attached hydrogens (tertiary/aromatic N) is 2. The van der Waals surface area contributed by atoms with Crippen molar-refractivity contribution < 1.29 is 4.74 Å². The highest BCUT2D eigenvalue weighted by atomic mass is 32.2. The van der Waals surface area contributed by atoms with Crippen LogP contribution < -0.4 is 5.56 Å². The lowest BCUT2D eigenvalue weighted by Crippen LogP contribution is -2.34. The molecule has 4 nitrogen and oxygen atoms in total. The van der Waals surface area contributed by atoms with Crippen molar-refractivity contribution >= 4 is 33.3 Å². The van der Waals surface area contributed by atoms with Crippen molar-refractivity contribution in [2.45, 2.75) is 51.0 Å². The number of para-hydroxylation sites is 1. The van der Waals surface area contributed by atoms with Crippen molar-refractivity contribution in [1.29, 1.82) is 0 Å².